The van der Waals surface area contributed by atoms with Crippen molar-refractivity contribution in [1.29, 1.82) is 0 Å². The summed E-state index contributed by atoms with van der Waals surface area (Å²) in [5, 5.41) is 10.3. The van der Waals surface area contributed by atoms with E-state index in [1.807, 2.05) is 21.9 Å². The predicted molar refractivity (Wildman–Crippen MR) is 117 cm³/mol. The van der Waals surface area contributed by atoms with Crippen molar-refractivity contribution >= 4 is 23.7 Å². The number of rotatable bonds is 2. The summed E-state index contributed by atoms with van der Waals surface area (Å²) in [5.74, 6) is 0. The average Bonchev–Trinajstić information content (AvgIpc) is 2.77. The number of carbonyl (C=O) groups is 2. The summed E-state index contributed by atoms with van der Waals surface area (Å²) in [4.78, 5) is 32.8. The van der Waals surface area contributed by atoms with Crippen molar-refractivity contribution in [3.8, 4) is 0 Å². The highest BCUT2D eigenvalue weighted by atomic mass is 35.5. The molecule has 1 atom stereocenters. The van der Waals surface area contributed by atoms with E-state index >= 15 is 0 Å². The molecule has 0 spiro atoms. The number of carbonyl (C=O) groups excluding carboxylic acids is 1. The fraction of sp³-hybridized carbons (Fsp3) is 0.636. The fourth-order valence-corrected chi connectivity index (χ4v) is 5.37. The molecule has 3 saturated heterocycles. The van der Waals surface area contributed by atoms with Crippen molar-refractivity contribution in [3.05, 3.63) is 33.8 Å². The van der Waals surface area contributed by atoms with Crippen LogP contribution in [0.4, 0.5) is 9.59 Å². The first-order valence-electron chi connectivity index (χ1n) is 11.3. The highest BCUT2D eigenvalue weighted by Crippen LogP contribution is 2.35. The van der Waals surface area contributed by atoms with Crippen LogP contribution in [0.2, 0.25) is 5.02 Å². The van der Waals surface area contributed by atoms with Gasteiger partial charge in [0.2, 0.25) is 0 Å². The molecule has 9 nitrogen and oxygen atoms in total. The number of ether oxygens (including phenoxy) is 2. The lowest BCUT2D eigenvalue weighted by Crippen LogP contribution is -2.59. The van der Waals surface area contributed by atoms with Gasteiger partial charge in [0, 0.05) is 50.8 Å². The van der Waals surface area contributed by atoms with Gasteiger partial charge in [-0.3, -0.25) is 9.80 Å². The van der Waals surface area contributed by atoms with Crippen LogP contribution in [-0.4, -0.2) is 109 Å². The number of fused-ring (bicyclic) bond motifs is 1. The molecule has 3 fully saturated rings. The first-order chi connectivity index (χ1) is 15.5. The van der Waals surface area contributed by atoms with E-state index in [4.69, 9.17) is 21.1 Å². The van der Waals surface area contributed by atoms with E-state index in [-0.39, 0.29) is 6.03 Å². The molecule has 4 heterocycles. The third-order valence-corrected chi connectivity index (χ3v) is 7.29. The van der Waals surface area contributed by atoms with E-state index in [0.29, 0.717) is 50.3 Å². The Bertz CT molecular complexity index is 887. The molecule has 4 aliphatic rings. The van der Waals surface area contributed by atoms with E-state index in [1.165, 1.54) is 4.90 Å². The van der Waals surface area contributed by atoms with Crippen LogP contribution in [0, 0.1) is 0 Å². The van der Waals surface area contributed by atoms with Crippen LogP contribution >= 0.6 is 11.6 Å². The number of morpholine rings is 1. The normalized spacial score (nSPS) is 24.8. The molecule has 1 aromatic rings. The van der Waals surface area contributed by atoms with Crippen molar-refractivity contribution in [2.45, 2.75) is 25.0 Å². The summed E-state index contributed by atoms with van der Waals surface area (Å²) in [6, 6.07) is 3.91. The van der Waals surface area contributed by atoms with Crippen LogP contribution in [0.25, 0.3) is 0 Å². The maximum atomic E-state index is 13.3. The molecule has 0 bridgehead atoms. The van der Waals surface area contributed by atoms with Crippen LogP contribution in [0.5, 0.6) is 0 Å². The number of carboxylic acid groups (broad SMARTS) is 1. The Hall–Kier alpha value is -2.07. The number of hydrogen-bond acceptors (Lipinski definition) is 5. The number of hydrogen-bond donors (Lipinski definition) is 1. The maximum Gasteiger partial charge on any atom is 0.407 e. The minimum atomic E-state index is -0.967. The van der Waals surface area contributed by atoms with Gasteiger partial charge >= 0.3 is 12.1 Å². The number of halogens is 1. The highest BCUT2D eigenvalue weighted by Gasteiger charge is 2.35. The van der Waals surface area contributed by atoms with Gasteiger partial charge in [-0.1, -0.05) is 11.6 Å². The molecule has 5 rings (SSSR count). The SMILES string of the molecule is O=C(N1CCN(C2COC2)CC1)N1CCc2cc(Cl)cc(C3COCCN3C(=O)O)c2C1. The van der Waals surface area contributed by atoms with Gasteiger partial charge in [-0.25, -0.2) is 9.59 Å². The molecule has 0 aliphatic carbocycles. The zero-order chi connectivity index (χ0) is 22.2. The van der Waals surface area contributed by atoms with Crippen molar-refractivity contribution in [1.82, 2.24) is 19.6 Å². The molecule has 4 aliphatic heterocycles. The third-order valence-electron chi connectivity index (χ3n) is 7.07. The molecule has 0 saturated carbocycles. The predicted octanol–water partition coefficient (Wildman–Crippen LogP) is 1.89. The summed E-state index contributed by atoms with van der Waals surface area (Å²) in [6.07, 6.45) is -0.264. The molecule has 32 heavy (non-hydrogen) atoms. The molecule has 3 amide bonds. The van der Waals surface area contributed by atoms with Gasteiger partial charge in [0.05, 0.1) is 38.5 Å². The van der Waals surface area contributed by atoms with Crippen LogP contribution in [0.1, 0.15) is 22.7 Å². The summed E-state index contributed by atoms with van der Waals surface area (Å²) < 4.78 is 10.9. The second kappa shape index (κ2) is 9.05. The Morgan fingerprint density at radius 1 is 0.969 bits per heavy atom. The number of amides is 3. The molecule has 1 N–H and O–H groups in total. The van der Waals surface area contributed by atoms with E-state index in [9.17, 15) is 14.7 Å². The van der Waals surface area contributed by atoms with Crippen LogP contribution in [-0.2, 0) is 22.4 Å². The van der Waals surface area contributed by atoms with E-state index < -0.39 is 12.1 Å². The summed E-state index contributed by atoms with van der Waals surface area (Å²) in [6.45, 7) is 6.85. The Labute approximate surface area is 192 Å². The number of benzene rings is 1. The molecule has 0 radical (unpaired) electrons. The van der Waals surface area contributed by atoms with E-state index in [0.717, 1.165) is 56.1 Å². The lowest BCUT2D eigenvalue weighted by Gasteiger charge is -2.44. The van der Waals surface area contributed by atoms with Crippen molar-refractivity contribution in [2.24, 2.45) is 0 Å². The lowest BCUT2D eigenvalue weighted by atomic mass is 9.90. The topological polar surface area (TPSA) is 85.8 Å². The van der Waals surface area contributed by atoms with E-state index in [2.05, 4.69) is 4.90 Å². The maximum absolute atomic E-state index is 13.3. The smallest absolute Gasteiger partial charge is 0.407 e. The quantitative estimate of drug-likeness (QED) is 0.719. The fourth-order valence-electron chi connectivity index (χ4n) is 5.12. The Morgan fingerprint density at radius 3 is 2.44 bits per heavy atom. The summed E-state index contributed by atoms with van der Waals surface area (Å²) >= 11 is 6.40. The third kappa shape index (κ3) is 4.14. The number of piperazine rings is 1. The number of nitrogens with zero attached hydrogens (tertiary/aromatic N) is 4. The van der Waals surface area contributed by atoms with E-state index in [1.54, 1.807) is 0 Å². The Morgan fingerprint density at radius 2 is 1.75 bits per heavy atom. The van der Waals surface area contributed by atoms with Crippen molar-refractivity contribution in [3.63, 3.8) is 0 Å². The second-order valence-electron chi connectivity index (χ2n) is 8.87. The monoisotopic (exact) mass is 464 g/mol. The Balaban J connectivity index is 1.32. The van der Waals surface area contributed by atoms with Gasteiger partial charge in [-0.05, 0) is 35.2 Å². The van der Waals surface area contributed by atoms with Crippen molar-refractivity contribution < 1.29 is 24.2 Å². The van der Waals surface area contributed by atoms with Crippen LogP contribution < -0.4 is 0 Å². The van der Waals surface area contributed by atoms with Gasteiger partial charge in [-0.2, -0.15) is 0 Å². The molecular weight excluding hydrogens is 436 g/mol. The molecule has 0 aromatic heterocycles. The Kier molecular flexibility index (Phi) is 6.16. The largest absolute Gasteiger partial charge is 0.465 e. The van der Waals surface area contributed by atoms with Gasteiger partial charge in [0.1, 0.15) is 0 Å². The van der Waals surface area contributed by atoms with Gasteiger partial charge in [0.15, 0.2) is 0 Å². The first kappa shape index (κ1) is 21.8. The standard InChI is InChI=1S/C22H29ClN4O5/c23-16-9-15-1-2-26(21(28)25-5-3-24(4-6-25)17-12-32-13-17)11-19(15)18(10-16)20-14-31-8-7-27(20)22(29)30/h9-10,17,20H,1-8,11-14H2,(H,29,30). The molecular formula is C22H29ClN4O5. The highest BCUT2D eigenvalue weighted by molar-refractivity contribution is 6.30. The molecule has 174 valence electrons. The summed E-state index contributed by atoms with van der Waals surface area (Å²) in [5.41, 5.74) is 2.94. The zero-order valence-corrected chi connectivity index (χ0v) is 18.8. The van der Waals surface area contributed by atoms with Gasteiger partial charge < -0.3 is 24.4 Å². The average molecular weight is 465 g/mol. The van der Waals surface area contributed by atoms with Crippen LogP contribution in [0.3, 0.4) is 0 Å². The molecule has 10 heteroatoms. The minimum Gasteiger partial charge on any atom is -0.465 e. The second-order valence-corrected chi connectivity index (χ2v) is 9.30. The first-order valence-corrected chi connectivity index (χ1v) is 11.6. The summed E-state index contributed by atoms with van der Waals surface area (Å²) in [7, 11) is 0. The molecule has 1 aromatic carbocycles. The van der Waals surface area contributed by atoms with Crippen LogP contribution in [0.15, 0.2) is 12.1 Å². The zero-order valence-electron chi connectivity index (χ0n) is 18.0. The lowest BCUT2D eigenvalue weighted by molar-refractivity contribution is -0.0747. The van der Waals surface area contributed by atoms with Gasteiger partial charge in [0.25, 0.3) is 0 Å². The van der Waals surface area contributed by atoms with Gasteiger partial charge in [-0.15, -0.1) is 0 Å². The minimum absolute atomic E-state index is 0.0519. The van der Waals surface area contributed by atoms with Crippen molar-refractivity contribution in [2.75, 3.05) is 65.7 Å². The number of urea groups is 1. The molecule has 1 unspecified atom stereocenters.